The molecule has 13 heteroatoms. The Hall–Kier alpha value is -2.60. The first-order valence-corrected chi connectivity index (χ1v) is 13.6. The van der Waals surface area contributed by atoms with Gasteiger partial charge in [0.15, 0.2) is 5.65 Å². The van der Waals surface area contributed by atoms with Crippen molar-refractivity contribution in [2.24, 2.45) is 5.73 Å². The van der Waals surface area contributed by atoms with Crippen LogP contribution in [-0.4, -0.2) is 66.3 Å². The van der Waals surface area contributed by atoms with Crippen molar-refractivity contribution in [2.75, 3.05) is 36.0 Å². The van der Waals surface area contributed by atoms with Gasteiger partial charge in [-0.25, -0.2) is 17.9 Å². The Balaban J connectivity index is 1.68. The van der Waals surface area contributed by atoms with Crippen LogP contribution in [0.2, 0.25) is 10.0 Å². The number of nitrogens with two attached hydrogens (primary N) is 1. The third-order valence-electron chi connectivity index (χ3n) is 6.06. The molecule has 3 aromatic rings. The van der Waals surface area contributed by atoms with Crippen LogP contribution in [0.5, 0.6) is 0 Å². The number of anilines is 2. The summed E-state index contributed by atoms with van der Waals surface area (Å²) in [7, 11) is -2.02. The summed E-state index contributed by atoms with van der Waals surface area (Å²) in [6.07, 6.45) is 3.77. The van der Waals surface area contributed by atoms with Crippen LogP contribution in [0, 0.1) is 6.92 Å². The first-order valence-electron chi connectivity index (χ1n) is 11.0. The number of halogens is 2. The number of hydrogen-bond acceptors (Lipinski definition) is 7. The fourth-order valence-corrected chi connectivity index (χ4v) is 5.21. The maximum atomic E-state index is 13.4. The fraction of sp³-hybridized carbons (Fsp3) is 0.409. The van der Waals surface area contributed by atoms with Gasteiger partial charge in [0.1, 0.15) is 16.5 Å². The topological polar surface area (TPSA) is 126 Å². The first kappa shape index (κ1) is 25.5. The Morgan fingerprint density at radius 1 is 1.34 bits per heavy atom. The van der Waals surface area contributed by atoms with Gasteiger partial charge in [0, 0.05) is 43.0 Å². The highest BCUT2D eigenvalue weighted by Crippen LogP contribution is 2.33. The lowest BCUT2D eigenvalue weighted by Gasteiger charge is -2.25. The largest absolute Gasteiger partial charge is 0.355 e. The smallest absolute Gasteiger partial charge is 0.256 e. The third kappa shape index (κ3) is 5.18. The highest BCUT2D eigenvalue weighted by Gasteiger charge is 2.28. The average molecular weight is 540 g/mol. The van der Waals surface area contributed by atoms with Crippen molar-refractivity contribution in [1.29, 1.82) is 0 Å². The lowest BCUT2D eigenvalue weighted by atomic mass is 10.1. The van der Waals surface area contributed by atoms with Gasteiger partial charge < -0.3 is 15.5 Å². The molecule has 4 rings (SSSR count). The SMILES string of the molecule is Cc1cn2nc([C@H](C)N(C)C(=O)c3cc(Cl)ccc3NS(C)(=O)=O)c(Cl)c2nc1N1CC[C@H](N)C1. The van der Waals surface area contributed by atoms with Gasteiger partial charge in [0.25, 0.3) is 5.91 Å². The number of hydrogen-bond donors (Lipinski definition) is 2. The summed E-state index contributed by atoms with van der Waals surface area (Å²) >= 11 is 12.8. The summed E-state index contributed by atoms with van der Waals surface area (Å²) in [5.74, 6) is 0.362. The molecular weight excluding hydrogens is 513 g/mol. The van der Waals surface area contributed by atoms with E-state index in [1.807, 2.05) is 13.1 Å². The van der Waals surface area contributed by atoms with E-state index in [1.165, 1.54) is 23.1 Å². The predicted octanol–water partition coefficient (Wildman–Crippen LogP) is 3.09. The van der Waals surface area contributed by atoms with Gasteiger partial charge in [-0.2, -0.15) is 5.10 Å². The number of aromatic nitrogens is 3. The maximum absolute atomic E-state index is 13.4. The van der Waals surface area contributed by atoms with Crippen molar-refractivity contribution in [2.45, 2.75) is 32.4 Å². The van der Waals surface area contributed by atoms with Crippen LogP contribution in [0.4, 0.5) is 11.5 Å². The lowest BCUT2D eigenvalue weighted by molar-refractivity contribution is 0.0740. The Labute approximate surface area is 214 Å². The van der Waals surface area contributed by atoms with Gasteiger partial charge in [-0.05, 0) is 38.5 Å². The van der Waals surface area contributed by atoms with Gasteiger partial charge in [-0.1, -0.05) is 23.2 Å². The molecule has 188 valence electrons. The van der Waals surface area contributed by atoms with Crippen LogP contribution in [0.15, 0.2) is 24.4 Å². The van der Waals surface area contributed by atoms with Crippen molar-refractivity contribution in [1.82, 2.24) is 19.5 Å². The normalized spacial score (nSPS) is 17.1. The monoisotopic (exact) mass is 539 g/mol. The molecule has 1 aliphatic heterocycles. The Morgan fingerprint density at radius 3 is 2.69 bits per heavy atom. The first-order chi connectivity index (χ1) is 16.4. The van der Waals surface area contributed by atoms with E-state index in [4.69, 9.17) is 33.9 Å². The number of aryl methyl sites for hydroxylation is 1. The molecule has 10 nitrogen and oxygen atoms in total. The average Bonchev–Trinajstić information content (AvgIpc) is 3.34. The minimum atomic E-state index is -3.61. The van der Waals surface area contributed by atoms with E-state index in [2.05, 4.69) is 14.7 Å². The van der Waals surface area contributed by atoms with E-state index in [0.717, 1.165) is 37.1 Å². The van der Waals surface area contributed by atoms with Crippen LogP contribution in [0.1, 0.15) is 41.0 Å². The zero-order valence-electron chi connectivity index (χ0n) is 19.8. The molecule has 1 aliphatic rings. The number of carbonyl (C=O) groups excluding carboxylic acids is 1. The highest BCUT2D eigenvalue weighted by atomic mass is 35.5. The molecule has 2 aromatic heterocycles. The molecule has 0 spiro atoms. The molecule has 1 fully saturated rings. The predicted molar refractivity (Wildman–Crippen MR) is 138 cm³/mol. The molecule has 0 unspecified atom stereocenters. The number of nitrogens with zero attached hydrogens (tertiary/aromatic N) is 5. The quantitative estimate of drug-likeness (QED) is 0.492. The zero-order valence-corrected chi connectivity index (χ0v) is 22.1. The molecule has 1 saturated heterocycles. The number of carbonyl (C=O) groups is 1. The Morgan fingerprint density at radius 2 is 2.06 bits per heavy atom. The van der Waals surface area contributed by atoms with Crippen molar-refractivity contribution in [3.05, 3.63) is 51.3 Å². The number of fused-ring (bicyclic) bond motifs is 1. The van der Waals surface area contributed by atoms with Gasteiger partial charge in [-0.3, -0.25) is 9.52 Å². The van der Waals surface area contributed by atoms with E-state index in [-0.39, 0.29) is 17.3 Å². The highest BCUT2D eigenvalue weighted by molar-refractivity contribution is 7.92. The maximum Gasteiger partial charge on any atom is 0.256 e. The molecule has 35 heavy (non-hydrogen) atoms. The standard InChI is InChI=1S/C22H27Cl2N7O3S/c1-12-10-31-21(26-20(12)30-8-7-15(25)11-30)18(24)19(27-31)13(2)29(3)22(32)16-9-14(23)5-6-17(16)28-35(4,33)34/h5-6,9-10,13,15,28H,7-8,11,25H2,1-4H3/t13-,15-/m0/s1. The molecule has 3 heterocycles. The molecule has 0 aliphatic carbocycles. The number of amides is 1. The van der Waals surface area contributed by atoms with Gasteiger partial charge >= 0.3 is 0 Å². The molecule has 0 saturated carbocycles. The van der Waals surface area contributed by atoms with E-state index >= 15 is 0 Å². The van der Waals surface area contributed by atoms with Crippen LogP contribution >= 0.6 is 23.2 Å². The third-order valence-corrected chi connectivity index (χ3v) is 7.25. The van der Waals surface area contributed by atoms with E-state index < -0.39 is 22.0 Å². The fourth-order valence-electron chi connectivity index (χ4n) is 4.14. The van der Waals surface area contributed by atoms with Gasteiger partial charge in [0.2, 0.25) is 10.0 Å². The second kappa shape index (κ2) is 9.45. The van der Waals surface area contributed by atoms with Crippen molar-refractivity contribution >= 4 is 56.3 Å². The summed E-state index contributed by atoms with van der Waals surface area (Å²) in [4.78, 5) is 21.7. The second-order valence-electron chi connectivity index (χ2n) is 8.87. The molecular formula is C22H27Cl2N7O3S. The van der Waals surface area contributed by atoms with Crippen molar-refractivity contribution < 1.29 is 13.2 Å². The number of benzene rings is 1. The number of nitrogens with one attached hydrogen (secondary N) is 1. The molecule has 1 aromatic carbocycles. The Kier molecular flexibility index (Phi) is 6.89. The summed E-state index contributed by atoms with van der Waals surface area (Å²) in [5.41, 5.74) is 8.19. The zero-order chi connectivity index (χ0) is 25.7. The summed E-state index contributed by atoms with van der Waals surface area (Å²) < 4.78 is 27.5. The number of sulfonamides is 1. The van der Waals surface area contributed by atoms with E-state index in [0.29, 0.717) is 21.4 Å². The molecule has 1 amide bonds. The molecule has 2 atom stereocenters. The van der Waals surface area contributed by atoms with Crippen molar-refractivity contribution in [3.8, 4) is 0 Å². The molecule has 0 radical (unpaired) electrons. The lowest BCUT2D eigenvalue weighted by Crippen LogP contribution is -2.31. The molecule has 0 bridgehead atoms. The second-order valence-corrected chi connectivity index (χ2v) is 11.4. The van der Waals surface area contributed by atoms with E-state index in [1.54, 1.807) is 18.5 Å². The van der Waals surface area contributed by atoms with Gasteiger partial charge in [0.05, 0.1) is 23.5 Å². The van der Waals surface area contributed by atoms with Crippen molar-refractivity contribution in [3.63, 3.8) is 0 Å². The number of rotatable bonds is 6. The van der Waals surface area contributed by atoms with Crippen LogP contribution < -0.4 is 15.4 Å². The summed E-state index contributed by atoms with van der Waals surface area (Å²) in [6.45, 7) is 5.28. The van der Waals surface area contributed by atoms with E-state index in [9.17, 15) is 13.2 Å². The summed E-state index contributed by atoms with van der Waals surface area (Å²) in [5, 5.41) is 5.23. The Bertz CT molecular complexity index is 1410. The van der Waals surface area contributed by atoms with Crippen LogP contribution in [0.25, 0.3) is 5.65 Å². The van der Waals surface area contributed by atoms with Crippen LogP contribution in [0.3, 0.4) is 0 Å². The van der Waals surface area contributed by atoms with Crippen LogP contribution in [-0.2, 0) is 10.0 Å². The van der Waals surface area contributed by atoms with Gasteiger partial charge in [-0.15, -0.1) is 0 Å². The minimum absolute atomic E-state index is 0.108. The molecule has 3 N–H and O–H groups in total. The summed E-state index contributed by atoms with van der Waals surface area (Å²) in [6, 6.07) is 3.94. The minimum Gasteiger partial charge on any atom is -0.355 e.